The second-order valence-electron chi connectivity index (χ2n) is 4.73. The number of thiol groups is 1. The third kappa shape index (κ3) is 3.12. The Morgan fingerprint density at radius 1 is 1.32 bits per heavy atom. The van der Waals surface area contributed by atoms with Crippen LogP contribution in [0, 0.1) is 5.92 Å². The average Bonchev–Trinajstić information content (AvgIpc) is 2.38. The zero-order valence-corrected chi connectivity index (χ0v) is 12.6. The molecule has 0 amide bonds. The summed E-state index contributed by atoms with van der Waals surface area (Å²) < 4.78 is 26.1. The van der Waals surface area contributed by atoms with Crippen LogP contribution in [-0.2, 0) is 10.0 Å². The van der Waals surface area contributed by atoms with Gasteiger partial charge in [0.1, 0.15) is 11.2 Å². The summed E-state index contributed by atoms with van der Waals surface area (Å²) in [4.78, 5) is 4.49. The van der Waals surface area contributed by atoms with E-state index < -0.39 is 10.0 Å². The largest absolute Gasteiger partial charge is 0.267 e. The Morgan fingerprint density at radius 2 is 2.05 bits per heavy atom. The van der Waals surface area contributed by atoms with Crippen molar-refractivity contribution in [1.29, 1.82) is 0 Å². The van der Waals surface area contributed by atoms with Crippen molar-refractivity contribution in [2.75, 3.05) is 12.3 Å². The van der Waals surface area contributed by atoms with Crippen LogP contribution in [0.5, 0.6) is 0 Å². The molecule has 0 radical (unpaired) electrons. The van der Waals surface area contributed by atoms with Crippen LogP contribution in [0.25, 0.3) is 0 Å². The standard InChI is InChI=1S/C13H18N2O2S2/c1-11(7-9-18)6-8-15-10-14-12-4-2-3-5-13(12)19(15,16)17/h2-5,10-11,18H,6-9H2,1H3. The van der Waals surface area contributed by atoms with Gasteiger partial charge in [-0.1, -0.05) is 19.1 Å². The molecule has 1 unspecified atom stereocenters. The Hall–Kier alpha value is -1.01. The molecule has 1 atom stereocenters. The lowest BCUT2D eigenvalue weighted by Crippen LogP contribution is -2.33. The van der Waals surface area contributed by atoms with Crippen LogP contribution in [0.1, 0.15) is 19.8 Å². The Kier molecular flexibility index (Phi) is 4.52. The topological polar surface area (TPSA) is 49.7 Å². The van der Waals surface area contributed by atoms with E-state index in [1.165, 1.54) is 10.6 Å². The van der Waals surface area contributed by atoms with Crippen molar-refractivity contribution in [3.8, 4) is 0 Å². The van der Waals surface area contributed by atoms with Gasteiger partial charge in [0.25, 0.3) is 10.0 Å². The van der Waals surface area contributed by atoms with Gasteiger partial charge >= 0.3 is 0 Å². The minimum Gasteiger partial charge on any atom is -0.256 e. The Labute approximate surface area is 120 Å². The minimum atomic E-state index is -3.43. The lowest BCUT2D eigenvalue weighted by molar-refractivity contribution is 0.452. The number of aliphatic imine (C=N–C) groups is 1. The van der Waals surface area contributed by atoms with Crippen molar-refractivity contribution in [1.82, 2.24) is 4.31 Å². The van der Waals surface area contributed by atoms with Crippen LogP contribution in [0.2, 0.25) is 0 Å². The average molecular weight is 298 g/mol. The van der Waals surface area contributed by atoms with E-state index in [2.05, 4.69) is 24.5 Å². The highest BCUT2D eigenvalue weighted by molar-refractivity contribution is 7.89. The molecule has 1 aromatic rings. The Morgan fingerprint density at radius 3 is 2.79 bits per heavy atom. The summed E-state index contributed by atoms with van der Waals surface area (Å²) in [6.45, 7) is 2.58. The maximum absolute atomic E-state index is 12.4. The van der Waals surface area contributed by atoms with Crippen LogP contribution < -0.4 is 0 Å². The molecule has 1 aliphatic rings. The molecule has 2 rings (SSSR count). The van der Waals surface area contributed by atoms with Crippen LogP contribution in [0.15, 0.2) is 34.2 Å². The molecular formula is C13H18N2O2S2. The maximum Gasteiger partial charge on any atom is 0.267 e. The normalized spacial score (nSPS) is 18.1. The van der Waals surface area contributed by atoms with Crippen molar-refractivity contribution in [2.45, 2.75) is 24.7 Å². The van der Waals surface area contributed by atoms with Crippen molar-refractivity contribution in [2.24, 2.45) is 10.9 Å². The van der Waals surface area contributed by atoms with Crippen LogP contribution in [0.3, 0.4) is 0 Å². The second kappa shape index (κ2) is 5.96. The van der Waals surface area contributed by atoms with Gasteiger partial charge in [-0.25, -0.2) is 13.4 Å². The van der Waals surface area contributed by atoms with E-state index in [4.69, 9.17) is 0 Å². The first-order valence-corrected chi connectivity index (χ1v) is 8.39. The number of nitrogens with zero attached hydrogens (tertiary/aromatic N) is 2. The molecule has 0 aromatic heterocycles. The zero-order valence-electron chi connectivity index (χ0n) is 10.9. The van der Waals surface area contributed by atoms with Gasteiger partial charge in [0.2, 0.25) is 0 Å². The first-order chi connectivity index (χ1) is 9.05. The van der Waals surface area contributed by atoms with Gasteiger partial charge in [0.15, 0.2) is 0 Å². The van der Waals surface area contributed by atoms with Crippen LogP contribution in [-0.4, -0.2) is 31.4 Å². The molecule has 19 heavy (non-hydrogen) atoms. The fourth-order valence-electron chi connectivity index (χ4n) is 1.99. The van der Waals surface area contributed by atoms with Crippen molar-refractivity contribution in [3.05, 3.63) is 24.3 Å². The third-order valence-corrected chi connectivity index (χ3v) is 5.30. The first-order valence-electron chi connectivity index (χ1n) is 6.31. The molecule has 6 heteroatoms. The number of rotatable bonds is 5. The zero-order chi connectivity index (χ0) is 13.9. The smallest absolute Gasteiger partial charge is 0.256 e. The van der Waals surface area contributed by atoms with E-state index in [0.717, 1.165) is 18.6 Å². The van der Waals surface area contributed by atoms with Gasteiger partial charge in [0.05, 0.1) is 5.69 Å². The third-order valence-electron chi connectivity index (χ3n) is 3.24. The molecule has 0 N–H and O–H groups in total. The number of hydrogen-bond acceptors (Lipinski definition) is 4. The molecule has 0 aliphatic carbocycles. The molecule has 0 saturated carbocycles. The molecule has 1 aliphatic heterocycles. The maximum atomic E-state index is 12.4. The quantitative estimate of drug-likeness (QED) is 0.850. The van der Waals surface area contributed by atoms with E-state index >= 15 is 0 Å². The van der Waals surface area contributed by atoms with Crippen molar-refractivity contribution in [3.63, 3.8) is 0 Å². The van der Waals surface area contributed by atoms with Gasteiger partial charge in [-0.15, -0.1) is 0 Å². The van der Waals surface area contributed by atoms with Gasteiger partial charge in [-0.2, -0.15) is 12.6 Å². The summed E-state index contributed by atoms with van der Waals surface area (Å²) in [5.41, 5.74) is 0.516. The fraction of sp³-hybridized carbons (Fsp3) is 0.462. The van der Waals surface area contributed by atoms with Crippen molar-refractivity contribution >= 4 is 34.7 Å². The minimum absolute atomic E-state index is 0.291. The highest BCUT2D eigenvalue weighted by Crippen LogP contribution is 2.30. The van der Waals surface area contributed by atoms with E-state index in [0.29, 0.717) is 23.0 Å². The molecule has 104 valence electrons. The molecule has 0 spiro atoms. The summed E-state index contributed by atoms with van der Waals surface area (Å²) in [5, 5.41) is 0. The van der Waals surface area contributed by atoms with E-state index in [1.54, 1.807) is 24.3 Å². The lowest BCUT2D eigenvalue weighted by Gasteiger charge is -2.25. The Balaban J connectivity index is 2.14. The summed E-state index contributed by atoms with van der Waals surface area (Å²) in [7, 11) is -3.43. The molecule has 0 saturated heterocycles. The number of hydrogen-bond donors (Lipinski definition) is 1. The van der Waals surface area contributed by atoms with Gasteiger partial charge in [-0.05, 0) is 36.6 Å². The van der Waals surface area contributed by atoms with Gasteiger partial charge < -0.3 is 0 Å². The summed E-state index contributed by atoms with van der Waals surface area (Å²) >= 11 is 4.19. The number of benzene rings is 1. The first kappa shape index (κ1) is 14.4. The van der Waals surface area contributed by atoms with Gasteiger partial charge in [0, 0.05) is 6.54 Å². The molecule has 0 bridgehead atoms. The predicted molar refractivity (Wildman–Crippen MR) is 80.7 cm³/mol. The summed E-state index contributed by atoms with van der Waals surface area (Å²) in [6.07, 6.45) is 3.23. The predicted octanol–water partition coefficient (Wildman–Crippen LogP) is 2.70. The van der Waals surface area contributed by atoms with Gasteiger partial charge in [-0.3, -0.25) is 4.31 Å². The van der Waals surface area contributed by atoms with E-state index in [1.807, 2.05) is 0 Å². The van der Waals surface area contributed by atoms with Crippen LogP contribution >= 0.6 is 12.6 Å². The molecule has 1 heterocycles. The number of para-hydroxylation sites is 1. The monoisotopic (exact) mass is 298 g/mol. The summed E-state index contributed by atoms with van der Waals surface area (Å²) in [6, 6.07) is 6.82. The SMILES string of the molecule is CC(CCS)CCN1C=Nc2ccccc2S1(=O)=O. The fourth-order valence-corrected chi connectivity index (χ4v) is 3.83. The van der Waals surface area contributed by atoms with Crippen LogP contribution in [0.4, 0.5) is 5.69 Å². The summed E-state index contributed by atoms with van der Waals surface area (Å²) in [5.74, 6) is 1.28. The van der Waals surface area contributed by atoms with Crippen molar-refractivity contribution < 1.29 is 8.42 Å². The molecule has 1 aromatic carbocycles. The number of fused-ring (bicyclic) bond motifs is 1. The highest BCUT2D eigenvalue weighted by Gasteiger charge is 2.28. The van der Waals surface area contributed by atoms with E-state index in [9.17, 15) is 8.42 Å². The lowest BCUT2D eigenvalue weighted by atomic mass is 10.1. The highest BCUT2D eigenvalue weighted by atomic mass is 32.2. The Bertz CT molecular complexity index is 570. The second-order valence-corrected chi connectivity index (χ2v) is 7.04. The number of sulfonamides is 1. The molecule has 4 nitrogen and oxygen atoms in total. The molecular weight excluding hydrogens is 280 g/mol. The molecule has 0 fully saturated rings. The van der Waals surface area contributed by atoms with E-state index in [-0.39, 0.29) is 0 Å².